The van der Waals surface area contributed by atoms with Crippen molar-refractivity contribution in [1.82, 2.24) is 0 Å². The van der Waals surface area contributed by atoms with E-state index in [-0.39, 0.29) is 0 Å². The number of aliphatic carboxylic acids is 2. The highest BCUT2D eigenvalue weighted by molar-refractivity contribution is 5.60. The number of rotatable bonds is 0. The van der Waals surface area contributed by atoms with Gasteiger partial charge in [-0.1, -0.05) is 11.6 Å². The molecular weight excluding hydrogens is 172 g/mol. The predicted octanol–water partition coefficient (Wildman–Crippen LogP) is -0.515. The van der Waals surface area contributed by atoms with Crippen LogP contribution in [0.3, 0.4) is 0 Å². The third-order valence-corrected chi connectivity index (χ3v) is 0.577. The summed E-state index contributed by atoms with van der Waals surface area (Å²) in [7, 11) is 0. The standard InChI is InChI=1S/C5H10.2C2H4O2/c1-4-5(2)3;2*1-2(3)4/h4H,1-3H3;2*1H3,(H,3,4)/p-2. The number of hydrogen-bond donors (Lipinski definition) is 0. The number of carboxylic acids is 2. The van der Waals surface area contributed by atoms with Gasteiger partial charge in [-0.25, -0.2) is 0 Å². The van der Waals surface area contributed by atoms with Crippen LogP contribution < -0.4 is 10.2 Å². The van der Waals surface area contributed by atoms with Crippen LogP contribution in [0, 0.1) is 0 Å². The maximum atomic E-state index is 8.89. The minimum absolute atomic E-state index is 0.972. The molecule has 0 N–H and O–H groups in total. The third kappa shape index (κ3) is 1740. The first-order chi connectivity index (χ1) is 5.73. The molecule has 0 aromatic rings. The van der Waals surface area contributed by atoms with E-state index in [9.17, 15) is 0 Å². The van der Waals surface area contributed by atoms with Crippen LogP contribution >= 0.6 is 0 Å². The first kappa shape index (κ1) is 17.7. The molecule has 0 fully saturated rings. The van der Waals surface area contributed by atoms with Gasteiger partial charge in [-0.2, -0.15) is 0 Å². The molecule has 13 heavy (non-hydrogen) atoms. The summed E-state index contributed by atoms with van der Waals surface area (Å²) in [6, 6.07) is 0. The van der Waals surface area contributed by atoms with Crippen molar-refractivity contribution in [2.45, 2.75) is 34.6 Å². The molecule has 78 valence electrons. The molecule has 0 aromatic heterocycles. The lowest BCUT2D eigenvalue weighted by Gasteiger charge is -1.77. The molecule has 0 aromatic carbocycles. The van der Waals surface area contributed by atoms with E-state index in [4.69, 9.17) is 19.8 Å². The van der Waals surface area contributed by atoms with E-state index in [1.165, 1.54) is 5.57 Å². The zero-order valence-corrected chi connectivity index (χ0v) is 8.71. The van der Waals surface area contributed by atoms with Gasteiger partial charge in [0.25, 0.3) is 0 Å². The number of carbonyl (C=O) groups is 2. The van der Waals surface area contributed by atoms with Crippen LogP contribution in [-0.2, 0) is 9.59 Å². The summed E-state index contributed by atoms with van der Waals surface area (Å²) in [6.07, 6.45) is 2.08. The normalized spacial score (nSPS) is 6.54. The largest absolute Gasteiger partial charge is 0.550 e. The second-order valence-corrected chi connectivity index (χ2v) is 2.35. The molecule has 0 amide bonds. The van der Waals surface area contributed by atoms with E-state index in [1.54, 1.807) is 0 Å². The van der Waals surface area contributed by atoms with Crippen molar-refractivity contribution in [3.8, 4) is 0 Å². The van der Waals surface area contributed by atoms with Crippen LogP contribution in [0.2, 0.25) is 0 Å². The summed E-state index contributed by atoms with van der Waals surface area (Å²) in [5.41, 5.74) is 1.38. The lowest BCUT2D eigenvalue weighted by atomic mass is 10.3. The average Bonchev–Trinajstić information content (AvgIpc) is 1.84. The molecule has 0 atom stereocenters. The van der Waals surface area contributed by atoms with E-state index in [0.717, 1.165) is 13.8 Å². The number of allylic oxidation sites excluding steroid dienone is 2. The Balaban J connectivity index is -0.000000117. The van der Waals surface area contributed by atoms with Gasteiger partial charge < -0.3 is 19.8 Å². The number of carbonyl (C=O) groups excluding carboxylic acids is 2. The Kier molecular flexibility index (Phi) is 18.1. The molecule has 0 aliphatic carbocycles. The van der Waals surface area contributed by atoms with Crippen molar-refractivity contribution in [3.63, 3.8) is 0 Å². The predicted molar refractivity (Wildman–Crippen MR) is 46.5 cm³/mol. The van der Waals surface area contributed by atoms with Gasteiger partial charge in [0, 0.05) is 11.9 Å². The lowest BCUT2D eigenvalue weighted by molar-refractivity contribution is -0.303. The van der Waals surface area contributed by atoms with Crippen LogP contribution in [0.5, 0.6) is 0 Å². The summed E-state index contributed by atoms with van der Waals surface area (Å²) in [4.78, 5) is 17.8. The first-order valence-electron chi connectivity index (χ1n) is 3.68. The first-order valence-corrected chi connectivity index (χ1v) is 3.68. The fraction of sp³-hybridized carbons (Fsp3) is 0.556. The number of carboxylic acid groups (broad SMARTS) is 2. The molecule has 0 spiro atoms. The van der Waals surface area contributed by atoms with Gasteiger partial charge in [0.15, 0.2) is 0 Å². The molecule has 4 nitrogen and oxygen atoms in total. The van der Waals surface area contributed by atoms with Crippen LogP contribution in [-0.4, -0.2) is 11.9 Å². The summed E-state index contributed by atoms with van der Waals surface area (Å²) >= 11 is 0. The fourth-order valence-corrected chi connectivity index (χ4v) is 0. The van der Waals surface area contributed by atoms with Gasteiger partial charge >= 0.3 is 0 Å². The van der Waals surface area contributed by atoms with Crippen LogP contribution in [0.1, 0.15) is 34.6 Å². The van der Waals surface area contributed by atoms with Gasteiger partial charge in [-0.3, -0.25) is 0 Å². The van der Waals surface area contributed by atoms with Crippen molar-refractivity contribution in [1.29, 1.82) is 0 Å². The lowest BCUT2D eigenvalue weighted by Crippen LogP contribution is -2.16. The Bertz CT molecular complexity index is 146. The molecular formula is C9H16O4-2. The van der Waals surface area contributed by atoms with Crippen LogP contribution in [0.4, 0.5) is 0 Å². The van der Waals surface area contributed by atoms with E-state index >= 15 is 0 Å². The van der Waals surface area contributed by atoms with Crippen molar-refractivity contribution >= 4 is 11.9 Å². The third-order valence-electron chi connectivity index (χ3n) is 0.577. The Morgan fingerprint density at radius 1 is 0.923 bits per heavy atom. The molecule has 0 aliphatic rings. The minimum Gasteiger partial charge on any atom is -0.550 e. The van der Waals surface area contributed by atoms with Crippen molar-refractivity contribution in [2.24, 2.45) is 0 Å². The van der Waals surface area contributed by atoms with Gasteiger partial charge in [0.1, 0.15) is 0 Å². The molecule has 0 saturated heterocycles. The summed E-state index contributed by atoms with van der Waals surface area (Å²) < 4.78 is 0. The Morgan fingerprint density at radius 2 is 1.00 bits per heavy atom. The van der Waals surface area contributed by atoms with Gasteiger partial charge in [-0.05, 0) is 34.6 Å². The van der Waals surface area contributed by atoms with E-state index < -0.39 is 11.9 Å². The molecule has 0 bridgehead atoms. The minimum atomic E-state index is -1.08. The summed E-state index contributed by atoms with van der Waals surface area (Å²) in [5.74, 6) is -2.17. The molecule has 0 heterocycles. The molecule has 0 unspecified atom stereocenters. The fourth-order valence-electron chi connectivity index (χ4n) is 0. The topological polar surface area (TPSA) is 80.3 Å². The van der Waals surface area contributed by atoms with Crippen molar-refractivity contribution < 1.29 is 19.8 Å². The van der Waals surface area contributed by atoms with Crippen LogP contribution in [0.25, 0.3) is 0 Å². The maximum absolute atomic E-state index is 8.89. The molecule has 0 saturated carbocycles. The van der Waals surface area contributed by atoms with E-state index in [2.05, 4.69) is 19.9 Å². The molecule has 4 heteroatoms. The zero-order valence-electron chi connectivity index (χ0n) is 8.71. The Morgan fingerprint density at radius 3 is 1.00 bits per heavy atom. The van der Waals surface area contributed by atoms with Crippen molar-refractivity contribution in [3.05, 3.63) is 11.6 Å². The van der Waals surface area contributed by atoms with E-state index in [1.807, 2.05) is 6.92 Å². The molecule has 0 radical (unpaired) electrons. The monoisotopic (exact) mass is 188 g/mol. The number of hydrogen-bond acceptors (Lipinski definition) is 4. The van der Waals surface area contributed by atoms with Gasteiger partial charge in [0.2, 0.25) is 0 Å². The SMILES string of the molecule is CC(=O)[O-].CC(=O)[O-].CC=C(C)C. The molecule has 0 aliphatic heterocycles. The second kappa shape index (κ2) is 13.3. The summed E-state index contributed by atoms with van der Waals surface area (Å²) in [5, 5.41) is 17.8. The quantitative estimate of drug-likeness (QED) is 0.479. The zero-order chi connectivity index (χ0) is 11.4. The smallest absolute Gasteiger partial charge is 0.0383 e. The van der Waals surface area contributed by atoms with Crippen LogP contribution in [0.15, 0.2) is 11.6 Å². The average molecular weight is 188 g/mol. The highest BCUT2D eigenvalue weighted by Crippen LogP contribution is 1.82. The summed E-state index contributed by atoms with van der Waals surface area (Å²) in [6.45, 7) is 8.15. The Labute approximate surface area is 78.9 Å². The highest BCUT2D eigenvalue weighted by Gasteiger charge is 1.60. The highest BCUT2D eigenvalue weighted by atomic mass is 16.4. The Hall–Kier alpha value is -1.32. The van der Waals surface area contributed by atoms with Gasteiger partial charge in [-0.15, -0.1) is 0 Å². The molecule has 0 rings (SSSR count). The van der Waals surface area contributed by atoms with E-state index in [0.29, 0.717) is 0 Å². The maximum Gasteiger partial charge on any atom is 0.0383 e. The second-order valence-electron chi connectivity index (χ2n) is 2.35. The van der Waals surface area contributed by atoms with Gasteiger partial charge in [0.05, 0.1) is 0 Å². The van der Waals surface area contributed by atoms with Crippen molar-refractivity contribution in [2.75, 3.05) is 0 Å².